The number of nitrogens with zero attached hydrogens (tertiary/aromatic N) is 3. The van der Waals surface area contributed by atoms with E-state index < -0.39 is 0 Å². The summed E-state index contributed by atoms with van der Waals surface area (Å²) in [6.45, 7) is 3.39. The number of benzene rings is 3. The molecule has 4 nitrogen and oxygen atoms in total. The van der Waals surface area contributed by atoms with Crippen LogP contribution in [-0.4, -0.2) is 29.6 Å². The largest absolute Gasteiger partial charge is 0.371 e. The van der Waals surface area contributed by atoms with E-state index in [1.807, 2.05) is 0 Å². The first-order valence-electron chi connectivity index (χ1n) is 11.9. The molecule has 3 heterocycles. The Morgan fingerprint density at radius 2 is 1.53 bits per heavy atom. The third-order valence-electron chi connectivity index (χ3n) is 7.39. The van der Waals surface area contributed by atoms with E-state index in [1.165, 1.54) is 48.2 Å². The van der Waals surface area contributed by atoms with Crippen molar-refractivity contribution in [2.24, 2.45) is 0 Å². The molecule has 0 aliphatic carbocycles. The van der Waals surface area contributed by atoms with Crippen LogP contribution in [0.3, 0.4) is 0 Å². The number of imidazole rings is 1. The van der Waals surface area contributed by atoms with Crippen molar-refractivity contribution < 1.29 is 0 Å². The quantitative estimate of drug-likeness (QED) is 0.420. The minimum Gasteiger partial charge on any atom is -0.371 e. The average Bonchev–Trinajstić information content (AvgIpc) is 3.54. The van der Waals surface area contributed by atoms with Crippen LogP contribution in [0.4, 0.5) is 11.4 Å². The fourth-order valence-electron chi connectivity index (χ4n) is 5.63. The predicted octanol–water partition coefficient (Wildman–Crippen LogP) is 6.29. The number of rotatable bonds is 4. The standard InChI is InChI=1S/C28H30N4/c1-2-5-21(6-3-1)22-14-17-31(18-15-22)24-9-11-25(12-10-24)32-16-4-7-28(32)23-8-13-26-27(19-23)30-20-29-26/h1-3,5-6,8-13,19-20,22,28H,4,7,14-18H2,(H,29,30)/t28-/m1/s1. The van der Waals surface area contributed by atoms with Gasteiger partial charge >= 0.3 is 0 Å². The molecule has 0 unspecified atom stereocenters. The van der Waals surface area contributed by atoms with Crippen LogP contribution in [0.5, 0.6) is 0 Å². The van der Waals surface area contributed by atoms with Crippen molar-refractivity contribution in [3.05, 3.63) is 90.3 Å². The lowest BCUT2D eigenvalue weighted by Gasteiger charge is -2.34. The highest BCUT2D eigenvalue weighted by Crippen LogP contribution is 2.38. The van der Waals surface area contributed by atoms with Gasteiger partial charge in [-0.05, 0) is 79.1 Å². The maximum absolute atomic E-state index is 4.37. The summed E-state index contributed by atoms with van der Waals surface area (Å²) in [6.07, 6.45) is 6.68. The summed E-state index contributed by atoms with van der Waals surface area (Å²) in [7, 11) is 0. The van der Waals surface area contributed by atoms with Gasteiger partial charge in [0.2, 0.25) is 0 Å². The maximum Gasteiger partial charge on any atom is 0.0931 e. The van der Waals surface area contributed by atoms with E-state index in [0.717, 1.165) is 30.7 Å². The molecule has 4 heteroatoms. The van der Waals surface area contributed by atoms with Gasteiger partial charge in [-0.3, -0.25) is 0 Å². The summed E-state index contributed by atoms with van der Waals surface area (Å²) < 4.78 is 0. The summed E-state index contributed by atoms with van der Waals surface area (Å²) in [5.41, 5.74) is 7.74. The summed E-state index contributed by atoms with van der Waals surface area (Å²) in [5, 5.41) is 0. The highest BCUT2D eigenvalue weighted by molar-refractivity contribution is 5.75. The van der Waals surface area contributed by atoms with E-state index in [9.17, 15) is 0 Å². The molecule has 0 bridgehead atoms. The van der Waals surface area contributed by atoms with Gasteiger partial charge in [-0.1, -0.05) is 36.4 Å². The first kappa shape index (κ1) is 19.4. The van der Waals surface area contributed by atoms with E-state index in [0.29, 0.717) is 12.0 Å². The lowest BCUT2D eigenvalue weighted by atomic mass is 9.89. The highest BCUT2D eigenvalue weighted by atomic mass is 15.2. The Balaban J connectivity index is 1.15. The van der Waals surface area contributed by atoms with Crippen molar-refractivity contribution in [3.8, 4) is 0 Å². The van der Waals surface area contributed by atoms with E-state index in [4.69, 9.17) is 0 Å². The molecule has 4 aromatic rings. The van der Waals surface area contributed by atoms with Crippen LogP contribution in [0.2, 0.25) is 0 Å². The number of aromatic amines is 1. The number of fused-ring (bicyclic) bond motifs is 1. The second-order valence-electron chi connectivity index (χ2n) is 9.22. The van der Waals surface area contributed by atoms with Gasteiger partial charge in [0, 0.05) is 31.0 Å². The molecule has 32 heavy (non-hydrogen) atoms. The van der Waals surface area contributed by atoms with Crippen LogP contribution >= 0.6 is 0 Å². The first-order chi connectivity index (χ1) is 15.8. The van der Waals surface area contributed by atoms with Crippen molar-refractivity contribution in [1.82, 2.24) is 9.97 Å². The highest BCUT2D eigenvalue weighted by Gasteiger charge is 2.27. The van der Waals surface area contributed by atoms with Gasteiger partial charge in [0.1, 0.15) is 0 Å². The van der Waals surface area contributed by atoms with Gasteiger partial charge in [-0.25, -0.2) is 4.98 Å². The Kier molecular flexibility index (Phi) is 5.06. The van der Waals surface area contributed by atoms with Crippen molar-refractivity contribution in [1.29, 1.82) is 0 Å². The molecule has 1 atom stereocenters. The fourth-order valence-corrected chi connectivity index (χ4v) is 5.63. The SMILES string of the molecule is c1ccc(C2CCN(c3ccc(N4CCC[C@@H]4c4ccc5nc[nH]c5c4)cc3)CC2)cc1. The van der Waals surface area contributed by atoms with Gasteiger partial charge in [-0.2, -0.15) is 0 Å². The topological polar surface area (TPSA) is 35.2 Å². The Morgan fingerprint density at radius 1 is 0.750 bits per heavy atom. The van der Waals surface area contributed by atoms with Crippen molar-refractivity contribution in [3.63, 3.8) is 0 Å². The molecule has 2 fully saturated rings. The van der Waals surface area contributed by atoms with Gasteiger partial charge in [0.05, 0.1) is 23.4 Å². The number of nitrogens with one attached hydrogen (secondary N) is 1. The van der Waals surface area contributed by atoms with E-state index >= 15 is 0 Å². The van der Waals surface area contributed by atoms with Crippen LogP contribution < -0.4 is 9.80 Å². The zero-order valence-electron chi connectivity index (χ0n) is 18.5. The van der Waals surface area contributed by atoms with E-state index in [-0.39, 0.29) is 0 Å². The van der Waals surface area contributed by atoms with Crippen LogP contribution in [-0.2, 0) is 0 Å². The van der Waals surface area contributed by atoms with Gasteiger partial charge in [0.15, 0.2) is 0 Å². The average molecular weight is 423 g/mol. The number of anilines is 2. The van der Waals surface area contributed by atoms with Crippen LogP contribution in [0.15, 0.2) is 79.1 Å². The third kappa shape index (κ3) is 3.64. The maximum atomic E-state index is 4.37. The predicted molar refractivity (Wildman–Crippen MR) is 132 cm³/mol. The Labute approximate surface area is 189 Å². The molecule has 2 saturated heterocycles. The molecular weight excluding hydrogens is 392 g/mol. The lowest BCUT2D eigenvalue weighted by Crippen LogP contribution is -2.32. The zero-order valence-corrected chi connectivity index (χ0v) is 18.5. The second kappa shape index (κ2) is 8.34. The lowest BCUT2D eigenvalue weighted by molar-refractivity contribution is 0.505. The Bertz CT molecular complexity index is 1170. The van der Waals surface area contributed by atoms with Crippen LogP contribution in [0.1, 0.15) is 48.8 Å². The van der Waals surface area contributed by atoms with E-state index in [2.05, 4.69) is 92.6 Å². The summed E-state index contributed by atoms with van der Waals surface area (Å²) in [6, 6.07) is 27.4. The monoisotopic (exact) mass is 422 g/mol. The molecule has 0 radical (unpaired) electrons. The van der Waals surface area contributed by atoms with Gasteiger partial charge < -0.3 is 14.8 Å². The van der Waals surface area contributed by atoms with Crippen LogP contribution in [0.25, 0.3) is 11.0 Å². The molecule has 6 rings (SSSR count). The number of hydrogen-bond acceptors (Lipinski definition) is 3. The second-order valence-corrected chi connectivity index (χ2v) is 9.22. The summed E-state index contributed by atoms with van der Waals surface area (Å²) >= 11 is 0. The third-order valence-corrected chi connectivity index (χ3v) is 7.39. The normalized spacial score (nSPS) is 19.7. The Morgan fingerprint density at radius 3 is 2.34 bits per heavy atom. The first-order valence-corrected chi connectivity index (χ1v) is 11.9. The molecule has 162 valence electrons. The van der Waals surface area contributed by atoms with Gasteiger partial charge in [-0.15, -0.1) is 0 Å². The van der Waals surface area contributed by atoms with Crippen molar-refractivity contribution >= 4 is 22.4 Å². The molecule has 2 aliphatic rings. The summed E-state index contributed by atoms with van der Waals surface area (Å²) in [4.78, 5) is 12.8. The van der Waals surface area contributed by atoms with Crippen LogP contribution in [0, 0.1) is 0 Å². The van der Waals surface area contributed by atoms with Gasteiger partial charge in [0.25, 0.3) is 0 Å². The minimum atomic E-state index is 0.440. The summed E-state index contributed by atoms with van der Waals surface area (Å²) in [5.74, 6) is 0.698. The Hall–Kier alpha value is -3.27. The van der Waals surface area contributed by atoms with E-state index in [1.54, 1.807) is 6.33 Å². The van der Waals surface area contributed by atoms with Crippen molar-refractivity contribution in [2.45, 2.75) is 37.6 Å². The molecule has 0 saturated carbocycles. The number of aromatic nitrogens is 2. The number of piperidine rings is 1. The molecule has 3 aromatic carbocycles. The minimum absolute atomic E-state index is 0.440. The fraction of sp³-hybridized carbons (Fsp3) is 0.321. The smallest absolute Gasteiger partial charge is 0.0931 e. The molecular formula is C28H30N4. The van der Waals surface area contributed by atoms with Crippen molar-refractivity contribution in [2.75, 3.05) is 29.4 Å². The number of H-pyrrole nitrogens is 1. The molecule has 2 aliphatic heterocycles. The molecule has 1 N–H and O–H groups in total. The number of hydrogen-bond donors (Lipinski definition) is 1. The molecule has 0 spiro atoms. The zero-order chi connectivity index (χ0) is 21.3. The molecule has 0 amide bonds. The molecule has 1 aromatic heterocycles.